The maximum absolute atomic E-state index is 13.0. The van der Waals surface area contributed by atoms with E-state index < -0.39 is 6.10 Å². The fraction of sp³-hybridized carbons (Fsp3) is 0.500. The number of rotatable bonds is 6. The van der Waals surface area contributed by atoms with Gasteiger partial charge in [-0.25, -0.2) is 4.39 Å². The number of carbonyl (C=O) groups is 1. The van der Waals surface area contributed by atoms with Gasteiger partial charge in [-0.05, 0) is 49.3 Å². The van der Waals surface area contributed by atoms with Gasteiger partial charge in [0.2, 0.25) is 5.91 Å². The zero-order valence-electron chi connectivity index (χ0n) is 12.6. The van der Waals surface area contributed by atoms with Crippen LogP contribution in [0.3, 0.4) is 0 Å². The van der Waals surface area contributed by atoms with Gasteiger partial charge in [0.1, 0.15) is 5.82 Å². The van der Waals surface area contributed by atoms with Gasteiger partial charge >= 0.3 is 0 Å². The number of hydrogen-bond acceptors (Lipinski definition) is 2. The molecular weight excluding hydrogens is 281 g/mol. The molecule has 0 spiro atoms. The smallest absolute Gasteiger partial charge is 0.223 e. The van der Waals surface area contributed by atoms with Crippen molar-refractivity contribution in [2.45, 2.75) is 44.2 Å². The van der Waals surface area contributed by atoms with Crippen LogP contribution < -0.4 is 0 Å². The predicted molar refractivity (Wildman–Crippen MR) is 82.6 cm³/mol. The largest absolute Gasteiger partial charge is 0.387 e. The Morgan fingerprint density at radius 2 is 2.00 bits per heavy atom. The molecule has 22 heavy (non-hydrogen) atoms. The fourth-order valence-corrected chi connectivity index (χ4v) is 3.02. The number of aliphatic hydroxyl groups excluding tert-OH is 1. The summed E-state index contributed by atoms with van der Waals surface area (Å²) in [4.78, 5) is 14.3. The summed E-state index contributed by atoms with van der Waals surface area (Å²) in [5, 5.41) is 10.3. The Hall–Kier alpha value is -1.68. The third-order valence-electron chi connectivity index (χ3n) is 4.48. The van der Waals surface area contributed by atoms with Crippen molar-refractivity contribution in [3.05, 3.63) is 47.8 Å². The number of allylic oxidation sites excluding steroid dienone is 2. The Balaban J connectivity index is 1.62. The van der Waals surface area contributed by atoms with E-state index in [1.165, 1.54) is 12.1 Å². The maximum Gasteiger partial charge on any atom is 0.223 e. The van der Waals surface area contributed by atoms with E-state index in [2.05, 4.69) is 12.2 Å². The van der Waals surface area contributed by atoms with E-state index in [9.17, 15) is 14.3 Å². The number of nitrogens with zero attached hydrogens (tertiary/aromatic N) is 1. The molecule has 2 aliphatic carbocycles. The molecule has 0 aromatic heterocycles. The van der Waals surface area contributed by atoms with Crippen molar-refractivity contribution >= 4 is 5.91 Å². The lowest BCUT2D eigenvalue weighted by atomic mass is 10.0. The number of hydrogen-bond donors (Lipinski definition) is 1. The van der Waals surface area contributed by atoms with Crippen molar-refractivity contribution < 1.29 is 14.3 Å². The number of amides is 1. The van der Waals surface area contributed by atoms with E-state index in [1.54, 1.807) is 12.1 Å². The molecule has 0 bridgehead atoms. The van der Waals surface area contributed by atoms with E-state index >= 15 is 0 Å². The first kappa shape index (κ1) is 15.2. The number of carbonyl (C=O) groups excluding carboxylic acids is 1. The number of aliphatic hydroxyl groups is 1. The molecule has 3 nitrogen and oxygen atoms in total. The highest BCUT2D eigenvalue weighted by Gasteiger charge is 2.34. The first-order chi connectivity index (χ1) is 10.6. The topological polar surface area (TPSA) is 40.5 Å². The number of halogens is 1. The molecule has 2 atom stereocenters. The van der Waals surface area contributed by atoms with Gasteiger partial charge in [-0.3, -0.25) is 4.79 Å². The minimum Gasteiger partial charge on any atom is -0.387 e. The highest BCUT2D eigenvalue weighted by Crippen LogP contribution is 2.31. The van der Waals surface area contributed by atoms with Crippen LogP contribution in [0.1, 0.15) is 43.8 Å². The second-order valence-electron chi connectivity index (χ2n) is 6.31. The summed E-state index contributed by atoms with van der Waals surface area (Å²) in [5.41, 5.74) is 0.653. The standard InChI is InChI=1S/C18H22FNO2/c19-15-7-5-14(6-8-15)17(21)12-20(16-9-10-16)18(22)11-13-3-1-2-4-13/h1,3,5-8,13,16-17,21H,2,4,9-12H2. The van der Waals surface area contributed by atoms with E-state index in [-0.39, 0.29) is 17.8 Å². The van der Waals surface area contributed by atoms with Crippen LogP contribution >= 0.6 is 0 Å². The fourth-order valence-electron chi connectivity index (χ4n) is 3.02. The Morgan fingerprint density at radius 3 is 2.59 bits per heavy atom. The molecule has 1 amide bonds. The molecular formula is C18H22FNO2. The van der Waals surface area contributed by atoms with Gasteiger partial charge in [-0.15, -0.1) is 0 Å². The SMILES string of the molecule is O=C(CC1C=CCC1)N(CC(O)c1ccc(F)cc1)C1CC1. The van der Waals surface area contributed by atoms with Crippen molar-refractivity contribution in [3.63, 3.8) is 0 Å². The molecule has 0 aliphatic heterocycles. The summed E-state index contributed by atoms with van der Waals surface area (Å²) in [5.74, 6) is 0.149. The Labute approximate surface area is 130 Å². The summed E-state index contributed by atoms with van der Waals surface area (Å²) in [7, 11) is 0. The molecule has 2 aliphatic rings. The van der Waals surface area contributed by atoms with Gasteiger partial charge < -0.3 is 10.0 Å². The molecule has 4 heteroatoms. The molecule has 1 aromatic carbocycles. The zero-order valence-corrected chi connectivity index (χ0v) is 12.6. The lowest BCUT2D eigenvalue weighted by molar-refractivity contribution is -0.134. The molecule has 2 unspecified atom stereocenters. The van der Waals surface area contributed by atoms with E-state index in [1.807, 2.05) is 4.90 Å². The zero-order chi connectivity index (χ0) is 15.5. The van der Waals surface area contributed by atoms with Gasteiger partial charge in [0.25, 0.3) is 0 Å². The number of benzene rings is 1. The first-order valence-corrected chi connectivity index (χ1v) is 8.03. The summed E-state index contributed by atoms with van der Waals surface area (Å²) in [6.07, 6.45) is 8.16. The van der Waals surface area contributed by atoms with Crippen molar-refractivity contribution in [1.82, 2.24) is 4.90 Å². The Kier molecular flexibility index (Phi) is 4.57. The minimum atomic E-state index is -0.760. The predicted octanol–water partition coefficient (Wildman–Crippen LogP) is 3.21. The highest BCUT2D eigenvalue weighted by molar-refractivity contribution is 5.77. The summed E-state index contributed by atoms with van der Waals surface area (Å²) in [6.45, 7) is 0.297. The van der Waals surface area contributed by atoms with Gasteiger partial charge in [0, 0.05) is 12.5 Å². The third-order valence-corrected chi connectivity index (χ3v) is 4.48. The van der Waals surface area contributed by atoms with Crippen LogP contribution in [-0.4, -0.2) is 28.5 Å². The van der Waals surface area contributed by atoms with Crippen LogP contribution in [0.5, 0.6) is 0 Å². The second kappa shape index (κ2) is 6.61. The molecule has 1 fully saturated rings. The van der Waals surface area contributed by atoms with E-state index in [0.29, 0.717) is 24.4 Å². The Morgan fingerprint density at radius 1 is 1.27 bits per heavy atom. The Bertz CT molecular complexity index is 551. The maximum atomic E-state index is 13.0. The van der Waals surface area contributed by atoms with Gasteiger partial charge in [0.05, 0.1) is 12.6 Å². The van der Waals surface area contributed by atoms with Crippen LogP contribution in [-0.2, 0) is 4.79 Å². The summed E-state index contributed by atoms with van der Waals surface area (Å²) < 4.78 is 13.0. The minimum absolute atomic E-state index is 0.125. The highest BCUT2D eigenvalue weighted by atomic mass is 19.1. The second-order valence-corrected chi connectivity index (χ2v) is 6.31. The van der Waals surface area contributed by atoms with Crippen molar-refractivity contribution in [3.8, 4) is 0 Å². The van der Waals surface area contributed by atoms with Crippen LogP contribution in [0.4, 0.5) is 4.39 Å². The van der Waals surface area contributed by atoms with E-state index in [4.69, 9.17) is 0 Å². The van der Waals surface area contributed by atoms with Crippen LogP contribution in [0.25, 0.3) is 0 Å². The molecule has 1 aromatic rings. The summed E-state index contributed by atoms with van der Waals surface area (Å²) in [6, 6.07) is 6.11. The van der Waals surface area contributed by atoms with Gasteiger partial charge in [-0.1, -0.05) is 24.3 Å². The average Bonchev–Trinajstić information content (AvgIpc) is 3.22. The van der Waals surface area contributed by atoms with Crippen molar-refractivity contribution in [2.75, 3.05) is 6.54 Å². The monoisotopic (exact) mass is 303 g/mol. The van der Waals surface area contributed by atoms with E-state index in [0.717, 1.165) is 25.7 Å². The van der Waals surface area contributed by atoms with Gasteiger partial charge in [-0.2, -0.15) is 0 Å². The lowest BCUT2D eigenvalue weighted by Gasteiger charge is -2.26. The molecule has 0 heterocycles. The lowest BCUT2D eigenvalue weighted by Crippen LogP contribution is -2.37. The van der Waals surface area contributed by atoms with Crippen LogP contribution in [0.15, 0.2) is 36.4 Å². The van der Waals surface area contributed by atoms with Crippen LogP contribution in [0, 0.1) is 11.7 Å². The molecule has 3 rings (SSSR count). The normalized spacial score (nSPS) is 21.8. The van der Waals surface area contributed by atoms with Crippen molar-refractivity contribution in [1.29, 1.82) is 0 Å². The molecule has 0 radical (unpaired) electrons. The molecule has 118 valence electrons. The summed E-state index contributed by atoms with van der Waals surface area (Å²) >= 11 is 0. The molecule has 1 N–H and O–H groups in total. The first-order valence-electron chi connectivity index (χ1n) is 8.03. The third kappa shape index (κ3) is 3.74. The molecule has 1 saturated carbocycles. The van der Waals surface area contributed by atoms with Crippen molar-refractivity contribution in [2.24, 2.45) is 5.92 Å². The molecule has 0 saturated heterocycles. The quantitative estimate of drug-likeness (QED) is 0.820. The van der Waals surface area contributed by atoms with Crippen LogP contribution in [0.2, 0.25) is 0 Å². The average molecular weight is 303 g/mol. The van der Waals surface area contributed by atoms with Gasteiger partial charge in [0.15, 0.2) is 0 Å².